The van der Waals surface area contributed by atoms with Crippen LogP contribution in [0.3, 0.4) is 0 Å². The van der Waals surface area contributed by atoms with Gasteiger partial charge < -0.3 is 9.84 Å². The number of rotatable bonds is 6. The van der Waals surface area contributed by atoms with Crippen LogP contribution in [0.4, 0.5) is 0 Å². The molecule has 2 heterocycles. The van der Waals surface area contributed by atoms with Gasteiger partial charge >= 0.3 is 0 Å². The Hall–Kier alpha value is -2.47. The average molecular weight is 327 g/mol. The zero-order valence-electron chi connectivity index (χ0n) is 12.7. The second kappa shape index (κ2) is 7.19. The number of amides is 1. The van der Waals surface area contributed by atoms with Gasteiger partial charge in [0.2, 0.25) is 17.6 Å². The maximum atomic E-state index is 12.0. The van der Waals surface area contributed by atoms with Crippen LogP contribution in [0.5, 0.6) is 0 Å². The molecule has 0 spiro atoms. The maximum Gasteiger partial charge on any atom is 0.246 e. The number of nitrogens with zero attached hydrogens (tertiary/aromatic N) is 2. The van der Waals surface area contributed by atoms with Crippen LogP contribution in [0.1, 0.15) is 30.7 Å². The Labute approximate surface area is 138 Å². The SMILES string of the molecule is CC(CC(=O)NCc1nc(-c2cccs2)no1)c1ccccc1. The second-order valence-electron chi connectivity index (χ2n) is 5.28. The lowest BCUT2D eigenvalue weighted by Gasteiger charge is -2.11. The number of nitrogens with one attached hydrogen (secondary N) is 1. The molecule has 0 saturated heterocycles. The Balaban J connectivity index is 1.51. The molecule has 1 unspecified atom stereocenters. The van der Waals surface area contributed by atoms with Gasteiger partial charge in [0.1, 0.15) is 0 Å². The van der Waals surface area contributed by atoms with Crippen LogP contribution in [0.25, 0.3) is 10.7 Å². The molecule has 1 amide bonds. The number of carbonyl (C=O) groups excluding carboxylic acids is 1. The van der Waals surface area contributed by atoms with Gasteiger partial charge in [0.25, 0.3) is 0 Å². The number of aromatic nitrogens is 2. The first-order chi connectivity index (χ1) is 11.2. The fraction of sp³-hybridized carbons (Fsp3) is 0.235. The van der Waals surface area contributed by atoms with E-state index in [4.69, 9.17) is 4.52 Å². The Bertz CT molecular complexity index is 753. The molecular weight excluding hydrogens is 310 g/mol. The zero-order valence-corrected chi connectivity index (χ0v) is 13.5. The van der Waals surface area contributed by atoms with Crippen molar-refractivity contribution in [1.82, 2.24) is 15.5 Å². The van der Waals surface area contributed by atoms with Crippen molar-refractivity contribution in [3.63, 3.8) is 0 Å². The van der Waals surface area contributed by atoms with Crippen molar-refractivity contribution in [1.29, 1.82) is 0 Å². The van der Waals surface area contributed by atoms with E-state index in [0.717, 1.165) is 10.4 Å². The van der Waals surface area contributed by atoms with Crippen molar-refractivity contribution in [3.05, 3.63) is 59.3 Å². The third-order valence-electron chi connectivity index (χ3n) is 3.51. The molecule has 2 aromatic heterocycles. The van der Waals surface area contributed by atoms with Gasteiger partial charge in [-0.25, -0.2) is 0 Å². The van der Waals surface area contributed by atoms with Gasteiger partial charge in [0.15, 0.2) is 0 Å². The number of thiophene rings is 1. The largest absolute Gasteiger partial charge is 0.347 e. The van der Waals surface area contributed by atoms with Crippen molar-refractivity contribution in [2.24, 2.45) is 0 Å². The molecular formula is C17H17N3O2S. The highest BCUT2D eigenvalue weighted by molar-refractivity contribution is 7.13. The van der Waals surface area contributed by atoms with Crippen LogP contribution < -0.4 is 5.32 Å². The first-order valence-corrected chi connectivity index (χ1v) is 8.28. The predicted octanol–water partition coefficient (Wildman–Crippen LogP) is 3.61. The first kappa shape index (κ1) is 15.4. The Kier molecular flexibility index (Phi) is 4.83. The minimum Gasteiger partial charge on any atom is -0.347 e. The topological polar surface area (TPSA) is 68.0 Å². The van der Waals surface area contributed by atoms with Crippen molar-refractivity contribution in [2.45, 2.75) is 25.8 Å². The molecule has 0 aliphatic heterocycles. The van der Waals surface area contributed by atoms with Crippen LogP contribution in [-0.2, 0) is 11.3 Å². The average Bonchev–Trinajstić information content (AvgIpc) is 3.25. The number of hydrogen-bond acceptors (Lipinski definition) is 5. The number of carbonyl (C=O) groups is 1. The standard InChI is InChI=1S/C17H17N3O2S/c1-12(13-6-3-2-4-7-13)10-15(21)18-11-16-19-17(20-22-16)14-8-5-9-23-14/h2-9,12H,10-11H2,1H3,(H,18,21). The smallest absolute Gasteiger partial charge is 0.246 e. The summed E-state index contributed by atoms with van der Waals surface area (Å²) in [5.74, 6) is 1.11. The summed E-state index contributed by atoms with van der Waals surface area (Å²) in [6.07, 6.45) is 0.427. The summed E-state index contributed by atoms with van der Waals surface area (Å²) in [6.45, 7) is 2.29. The van der Waals surface area contributed by atoms with Gasteiger partial charge in [0, 0.05) is 6.42 Å². The molecule has 23 heavy (non-hydrogen) atoms. The van der Waals surface area contributed by atoms with E-state index >= 15 is 0 Å². The summed E-state index contributed by atoms with van der Waals surface area (Å²) in [5.41, 5.74) is 1.15. The molecule has 0 aliphatic carbocycles. The van der Waals surface area contributed by atoms with Crippen LogP contribution in [0, 0.1) is 0 Å². The van der Waals surface area contributed by atoms with E-state index < -0.39 is 0 Å². The molecule has 5 nitrogen and oxygen atoms in total. The Morgan fingerprint density at radius 1 is 1.26 bits per heavy atom. The molecule has 0 radical (unpaired) electrons. The zero-order chi connectivity index (χ0) is 16.1. The van der Waals surface area contributed by atoms with E-state index in [1.165, 1.54) is 0 Å². The van der Waals surface area contributed by atoms with Gasteiger partial charge in [-0.2, -0.15) is 4.98 Å². The summed E-state index contributed by atoms with van der Waals surface area (Å²) in [7, 11) is 0. The molecule has 3 rings (SSSR count). The van der Waals surface area contributed by atoms with Gasteiger partial charge in [-0.05, 0) is 22.9 Å². The summed E-state index contributed by atoms with van der Waals surface area (Å²) in [5, 5.41) is 8.70. The minimum atomic E-state index is -0.0303. The molecule has 0 fully saturated rings. The highest BCUT2D eigenvalue weighted by atomic mass is 32.1. The normalized spacial score (nSPS) is 12.0. The monoisotopic (exact) mass is 327 g/mol. The van der Waals surface area contributed by atoms with E-state index in [1.807, 2.05) is 54.8 Å². The summed E-state index contributed by atoms with van der Waals surface area (Å²) >= 11 is 1.55. The highest BCUT2D eigenvalue weighted by Gasteiger charge is 2.13. The Morgan fingerprint density at radius 3 is 2.83 bits per heavy atom. The summed E-state index contributed by atoms with van der Waals surface area (Å²) < 4.78 is 5.16. The fourth-order valence-electron chi connectivity index (χ4n) is 2.26. The third-order valence-corrected chi connectivity index (χ3v) is 4.37. The van der Waals surface area contributed by atoms with E-state index in [0.29, 0.717) is 18.1 Å². The Morgan fingerprint density at radius 2 is 2.09 bits per heavy atom. The minimum absolute atomic E-state index is 0.0303. The van der Waals surface area contributed by atoms with Crippen molar-refractivity contribution >= 4 is 17.2 Å². The predicted molar refractivity (Wildman–Crippen MR) is 88.9 cm³/mol. The van der Waals surface area contributed by atoms with Gasteiger partial charge in [-0.15, -0.1) is 11.3 Å². The fourth-order valence-corrected chi connectivity index (χ4v) is 2.91. The van der Waals surface area contributed by atoms with Gasteiger partial charge in [-0.3, -0.25) is 4.79 Å². The first-order valence-electron chi connectivity index (χ1n) is 7.40. The second-order valence-corrected chi connectivity index (χ2v) is 6.23. The van der Waals surface area contributed by atoms with Crippen LogP contribution in [-0.4, -0.2) is 16.0 Å². The lowest BCUT2D eigenvalue weighted by molar-refractivity contribution is -0.121. The van der Waals surface area contributed by atoms with Crippen LogP contribution >= 0.6 is 11.3 Å². The van der Waals surface area contributed by atoms with E-state index in [2.05, 4.69) is 15.5 Å². The van der Waals surface area contributed by atoms with Crippen molar-refractivity contribution < 1.29 is 9.32 Å². The molecule has 0 bridgehead atoms. The van der Waals surface area contributed by atoms with Crippen molar-refractivity contribution in [3.8, 4) is 10.7 Å². The van der Waals surface area contributed by atoms with E-state index in [-0.39, 0.29) is 18.4 Å². The van der Waals surface area contributed by atoms with Crippen molar-refractivity contribution in [2.75, 3.05) is 0 Å². The molecule has 1 atom stereocenters. The summed E-state index contributed by atoms with van der Waals surface area (Å²) in [6, 6.07) is 13.9. The maximum absolute atomic E-state index is 12.0. The lowest BCUT2D eigenvalue weighted by atomic mass is 9.98. The quantitative estimate of drug-likeness (QED) is 0.751. The van der Waals surface area contributed by atoms with Gasteiger partial charge in [0.05, 0.1) is 11.4 Å². The molecule has 118 valence electrons. The molecule has 0 aliphatic rings. The number of hydrogen-bond donors (Lipinski definition) is 1. The molecule has 0 saturated carbocycles. The molecule has 1 N–H and O–H groups in total. The molecule has 1 aromatic carbocycles. The van der Waals surface area contributed by atoms with E-state index in [9.17, 15) is 4.79 Å². The lowest BCUT2D eigenvalue weighted by Crippen LogP contribution is -2.24. The van der Waals surface area contributed by atoms with Crippen LogP contribution in [0.15, 0.2) is 52.4 Å². The highest BCUT2D eigenvalue weighted by Crippen LogP contribution is 2.21. The van der Waals surface area contributed by atoms with Crippen LogP contribution in [0.2, 0.25) is 0 Å². The summed E-state index contributed by atoms with van der Waals surface area (Å²) in [4.78, 5) is 17.3. The third kappa shape index (κ3) is 4.04. The number of benzene rings is 1. The molecule has 3 aromatic rings. The molecule has 6 heteroatoms. The van der Waals surface area contributed by atoms with Gasteiger partial charge in [-0.1, -0.05) is 48.5 Å². The van der Waals surface area contributed by atoms with E-state index in [1.54, 1.807) is 11.3 Å².